The normalized spacial score (nSPS) is 20.4. The van der Waals surface area contributed by atoms with Gasteiger partial charge in [0, 0.05) is 19.8 Å². The molecule has 0 spiro atoms. The van der Waals surface area contributed by atoms with Crippen molar-refractivity contribution in [3.05, 3.63) is 71.5 Å². The lowest BCUT2D eigenvalue weighted by Crippen LogP contribution is -2.50. The Bertz CT molecular complexity index is 830. The molecule has 0 unspecified atom stereocenters. The van der Waals surface area contributed by atoms with E-state index in [0.717, 1.165) is 18.7 Å². The van der Waals surface area contributed by atoms with Crippen LogP contribution in [-0.4, -0.2) is 43.7 Å². The molecule has 0 aliphatic carbocycles. The molecule has 160 valence electrons. The first kappa shape index (κ1) is 21.0. The zero-order valence-corrected chi connectivity index (χ0v) is 17.5. The van der Waals surface area contributed by atoms with E-state index in [9.17, 15) is 9.18 Å². The molecule has 0 bridgehead atoms. The second kappa shape index (κ2) is 9.71. The standard InChI is InChI=1S/C25H31FN2O2/c26-22-11-7-10-21(18-22)25(12-16-30-17-13-25)24(29)27-19-23(20-8-3-1-4-9-20)28-14-5-2-6-15-28/h1,3-4,7-11,18,23H,2,5-6,12-17,19H2,(H,27,29)/t23-/m0/s1. The summed E-state index contributed by atoms with van der Waals surface area (Å²) in [6.45, 7) is 3.69. The van der Waals surface area contributed by atoms with Crippen LogP contribution in [0.5, 0.6) is 0 Å². The van der Waals surface area contributed by atoms with E-state index in [1.807, 2.05) is 12.1 Å². The lowest BCUT2D eigenvalue weighted by Gasteiger charge is -2.38. The number of hydrogen-bond acceptors (Lipinski definition) is 3. The molecule has 2 saturated heterocycles. The third kappa shape index (κ3) is 4.57. The summed E-state index contributed by atoms with van der Waals surface area (Å²) < 4.78 is 19.5. The van der Waals surface area contributed by atoms with Crippen LogP contribution in [0.1, 0.15) is 49.3 Å². The molecule has 2 aromatic carbocycles. The van der Waals surface area contributed by atoms with Gasteiger partial charge in [0.15, 0.2) is 0 Å². The zero-order chi connectivity index (χ0) is 20.8. The first-order valence-corrected chi connectivity index (χ1v) is 11.1. The van der Waals surface area contributed by atoms with Gasteiger partial charge >= 0.3 is 0 Å². The minimum Gasteiger partial charge on any atom is -0.381 e. The number of piperidine rings is 1. The minimum absolute atomic E-state index is 0.0191. The van der Waals surface area contributed by atoms with Gasteiger partial charge in [-0.25, -0.2) is 4.39 Å². The van der Waals surface area contributed by atoms with E-state index in [1.54, 1.807) is 6.07 Å². The molecule has 0 radical (unpaired) electrons. The summed E-state index contributed by atoms with van der Waals surface area (Å²) in [5, 5.41) is 3.25. The van der Waals surface area contributed by atoms with Crippen molar-refractivity contribution >= 4 is 5.91 Å². The molecular weight excluding hydrogens is 379 g/mol. The number of likely N-dealkylation sites (tertiary alicyclic amines) is 1. The maximum atomic E-state index is 14.0. The van der Waals surface area contributed by atoms with Crippen LogP contribution < -0.4 is 5.32 Å². The molecule has 4 rings (SSSR count). The lowest BCUT2D eigenvalue weighted by molar-refractivity contribution is -0.130. The van der Waals surface area contributed by atoms with Crippen molar-refractivity contribution in [3.63, 3.8) is 0 Å². The van der Waals surface area contributed by atoms with Crippen LogP contribution in [0.4, 0.5) is 4.39 Å². The van der Waals surface area contributed by atoms with E-state index in [4.69, 9.17) is 4.74 Å². The van der Waals surface area contributed by atoms with Crippen LogP contribution in [-0.2, 0) is 14.9 Å². The van der Waals surface area contributed by atoms with Crippen LogP contribution in [0.3, 0.4) is 0 Å². The van der Waals surface area contributed by atoms with E-state index in [-0.39, 0.29) is 17.8 Å². The number of ether oxygens (including phenoxy) is 1. The van der Waals surface area contributed by atoms with Gasteiger partial charge in [0.2, 0.25) is 5.91 Å². The Morgan fingerprint density at radius 3 is 2.47 bits per heavy atom. The fourth-order valence-electron chi connectivity index (χ4n) is 4.87. The van der Waals surface area contributed by atoms with Gasteiger partial charge in [0.05, 0.1) is 11.5 Å². The Hall–Kier alpha value is -2.24. The molecule has 2 aromatic rings. The first-order chi connectivity index (χ1) is 14.7. The SMILES string of the molecule is O=C(NC[C@@H](c1ccccc1)N1CCCCC1)C1(c2cccc(F)c2)CCOCC1. The van der Waals surface area contributed by atoms with Crippen molar-refractivity contribution in [2.75, 3.05) is 32.8 Å². The molecule has 2 aliphatic heterocycles. The van der Waals surface area contributed by atoms with Gasteiger partial charge in [-0.3, -0.25) is 9.69 Å². The second-order valence-corrected chi connectivity index (χ2v) is 8.44. The maximum absolute atomic E-state index is 14.0. The predicted octanol–water partition coefficient (Wildman–Crippen LogP) is 4.22. The van der Waals surface area contributed by atoms with Gasteiger partial charge in [0.1, 0.15) is 5.82 Å². The third-order valence-electron chi connectivity index (χ3n) is 6.63. The van der Waals surface area contributed by atoms with E-state index in [1.165, 1.54) is 37.0 Å². The largest absolute Gasteiger partial charge is 0.381 e. The van der Waals surface area contributed by atoms with Crippen molar-refractivity contribution in [1.29, 1.82) is 0 Å². The first-order valence-electron chi connectivity index (χ1n) is 11.1. The summed E-state index contributed by atoms with van der Waals surface area (Å²) >= 11 is 0. The maximum Gasteiger partial charge on any atom is 0.230 e. The lowest BCUT2D eigenvalue weighted by atomic mass is 9.73. The Balaban J connectivity index is 1.55. The van der Waals surface area contributed by atoms with Crippen LogP contribution in [0.15, 0.2) is 54.6 Å². The molecule has 1 N–H and O–H groups in total. The summed E-state index contributed by atoms with van der Waals surface area (Å²) in [4.78, 5) is 16.0. The highest BCUT2D eigenvalue weighted by Crippen LogP contribution is 2.36. The molecule has 0 saturated carbocycles. The zero-order valence-electron chi connectivity index (χ0n) is 17.5. The number of hydrogen-bond donors (Lipinski definition) is 1. The quantitative estimate of drug-likeness (QED) is 0.775. The number of amides is 1. The van der Waals surface area contributed by atoms with Crippen molar-refractivity contribution in [3.8, 4) is 0 Å². The Labute approximate surface area is 178 Å². The van der Waals surface area contributed by atoms with Gasteiger partial charge in [-0.2, -0.15) is 0 Å². The van der Waals surface area contributed by atoms with Crippen LogP contribution in [0.25, 0.3) is 0 Å². The molecular formula is C25H31FN2O2. The van der Waals surface area contributed by atoms with Crippen LogP contribution in [0, 0.1) is 5.82 Å². The fourth-order valence-corrected chi connectivity index (χ4v) is 4.87. The highest BCUT2D eigenvalue weighted by atomic mass is 19.1. The summed E-state index contributed by atoms with van der Waals surface area (Å²) in [7, 11) is 0. The summed E-state index contributed by atoms with van der Waals surface area (Å²) in [5.41, 5.74) is 1.24. The number of carbonyl (C=O) groups is 1. The highest BCUT2D eigenvalue weighted by Gasteiger charge is 2.42. The highest BCUT2D eigenvalue weighted by molar-refractivity contribution is 5.88. The Morgan fingerprint density at radius 1 is 1.03 bits per heavy atom. The smallest absolute Gasteiger partial charge is 0.230 e. The van der Waals surface area contributed by atoms with Gasteiger partial charge in [-0.15, -0.1) is 0 Å². The van der Waals surface area contributed by atoms with Gasteiger partial charge in [-0.1, -0.05) is 48.9 Å². The monoisotopic (exact) mass is 410 g/mol. The van der Waals surface area contributed by atoms with E-state index >= 15 is 0 Å². The number of halogens is 1. The minimum atomic E-state index is -0.733. The van der Waals surface area contributed by atoms with Crippen LogP contribution >= 0.6 is 0 Å². The number of rotatable bonds is 6. The van der Waals surface area contributed by atoms with Crippen LogP contribution in [0.2, 0.25) is 0 Å². The van der Waals surface area contributed by atoms with Gasteiger partial charge < -0.3 is 10.1 Å². The molecule has 2 fully saturated rings. The number of carbonyl (C=O) groups excluding carboxylic acids is 1. The molecule has 2 aliphatic rings. The van der Waals surface area contributed by atoms with Crippen molar-refractivity contribution < 1.29 is 13.9 Å². The third-order valence-corrected chi connectivity index (χ3v) is 6.63. The van der Waals surface area contributed by atoms with E-state index in [0.29, 0.717) is 32.6 Å². The van der Waals surface area contributed by atoms with Crippen molar-refractivity contribution in [2.24, 2.45) is 0 Å². The molecule has 4 nitrogen and oxygen atoms in total. The molecule has 1 atom stereocenters. The molecule has 0 aromatic heterocycles. The van der Waals surface area contributed by atoms with Crippen molar-refractivity contribution in [1.82, 2.24) is 10.2 Å². The summed E-state index contributed by atoms with van der Waals surface area (Å²) in [5.74, 6) is -0.323. The molecule has 1 amide bonds. The summed E-state index contributed by atoms with van der Waals surface area (Å²) in [6, 6.07) is 17.1. The van der Waals surface area contributed by atoms with E-state index < -0.39 is 5.41 Å². The van der Waals surface area contributed by atoms with Crippen molar-refractivity contribution in [2.45, 2.75) is 43.6 Å². The molecule has 2 heterocycles. The summed E-state index contributed by atoms with van der Waals surface area (Å²) in [6.07, 6.45) is 4.81. The number of benzene rings is 2. The van der Waals surface area contributed by atoms with E-state index in [2.05, 4.69) is 34.5 Å². The average molecular weight is 411 g/mol. The molecule has 30 heavy (non-hydrogen) atoms. The fraction of sp³-hybridized carbons (Fsp3) is 0.480. The van der Waals surface area contributed by atoms with Gasteiger partial charge in [0.25, 0.3) is 0 Å². The predicted molar refractivity (Wildman–Crippen MR) is 116 cm³/mol. The Morgan fingerprint density at radius 2 is 1.77 bits per heavy atom. The Kier molecular flexibility index (Phi) is 6.80. The topological polar surface area (TPSA) is 41.6 Å². The molecule has 5 heteroatoms. The second-order valence-electron chi connectivity index (χ2n) is 8.44. The number of nitrogens with zero attached hydrogens (tertiary/aromatic N) is 1. The van der Waals surface area contributed by atoms with Gasteiger partial charge in [-0.05, 0) is 62.0 Å². The average Bonchev–Trinajstić information content (AvgIpc) is 2.81. The number of nitrogens with one attached hydrogen (secondary N) is 1.